The Morgan fingerprint density at radius 2 is 1.79 bits per heavy atom. The van der Waals surface area contributed by atoms with Crippen LogP contribution in [0.25, 0.3) is 11.4 Å². The lowest BCUT2D eigenvalue weighted by atomic mass is 10.1. The van der Waals surface area contributed by atoms with Crippen molar-refractivity contribution >= 4 is 35.4 Å². The second-order valence-corrected chi connectivity index (χ2v) is 6.82. The monoisotopic (exact) mass is 395 g/mol. The Bertz CT molecular complexity index is 1050. The van der Waals surface area contributed by atoms with E-state index in [-0.39, 0.29) is 18.2 Å². The van der Waals surface area contributed by atoms with Crippen LogP contribution < -0.4 is 10.6 Å². The SMILES string of the molecule is CC(=O)Nc1cccc(NC(=O)CCn2c(-c3ccc(C)cc3)n[nH]c2=S)c1. The van der Waals surface area contributed by atoms with E-state index in [0.29, 0.717) is 28.5 Å². The molecule has 2 amide bonds. The van der Waals surface area contributed by atoms with Gasteiger partial charge in [-0.1, -0.05) is 35.9 Å². The average molecular weight is 395 g/mol. The van der Waals surface area contributed by atoms with Crippen molar-refractivity contribution in [1.29, 1.82) is 0 Å². The molecule has 144 valence electrons. The van der Waals surface area contributed by atoms with Gasteiger partial charge in [-0.15, -0.1) is 0 Å². The third kappa shape index (κ3) is 4.92. The maximum absolute atomic E-state index is 12.4. The first-order chi connectivity index (χ1) is 13.4. The van der Waals surface area contributed by atoms with Crippen LogP contribution in [0, 0.1) is 11.7 Å². The summed E-state index contributed by atoms with van der Waals surface area (Å²) in [5, 5.41) is 12.6. The highest BCUT2D eigenvalue weighted by Gasteiger charge is 2.11. The van der Waals surface area contributed by atoms with E-state index in [2.05, 4.69) is 20.8 Å². The average Bonchev–Trinajstić information content (AvgIpc) is 3.01. The fourth-order valence-electron chi connectivity index (χ4n) is 2.76. The van der Waals surface area contributed by atoms with Gasteiger partial charge in [-0.2, -0.15) is 5.10 Å². The van der Waals surface area contributed by atoms with Crippen molar-refractivity contribution in [2.75, 3.05) is 10.6 Å². The fraction of sp³-hybridized carbons (Fsp3) is 0.200. The third-order valence-corrected chi connectivity index (χ3v) is 4.41. The number of H-pyrrole nitrogens is 1. The number of hydrogen-bond donors (Lipinski definition) is 3. The number of aromatic nitrogens is 3. The fourth-order valence-corrected chi connectivity index (χ4v) is 2.99. The van der Waals surface area contributed by atoms with E-state index in [4.69, 9.17) is 12.2 Å². The van der Waals surface area contributed by atoms with Gasteiger partial charge in [0.2, 0.25) is 11.8 Å². The predicted molar refractivity (Wildman–Crippen MR) is 112 cm³/mol. The molecule has 0 saturated heterocycles. The Morgan fingerprint density at radius 1 is 1.11 bits per heavy atom. The van der Waals surface area contributed by atoms with Gasteiger partial charge in [0.05, 0.1) is 0 Å². The molecule has 0 aliphatic heterocycles. The van der Waals surface area contributed by atoms with Crippen LogP contribution in [-0.2, 0) is 16.1 Å². The topological polar surface area (TPSA) is 91.8 Å². The van der Waals surface area contributed by atoms with Crippen LogP contribution in [-0.4, -0.2) is 26.6 Å². The molecule has 0 aliphatic carbocycles. The molecule has 3 rings (SSSR count). The molecule has 1 heterocycles. The minimum Gasteiger partial charge on any atom is -0.326 e. The molecule has 0 fully saturated rings. The lowest BCUT2D eigenvalue weighted by Gasteiger charge is -2.09. The maximum Gasteiger partial charge on any atom is 0.226 e. The molecule has 0 aliphatic rings. The third-order valence-electron chi connectivity index (χ3n) is 4.10. The summed E-state index contributed by atoms with van der Waals surface area (Å²) in [5.74, 6) is 0.379. The zero-order valence-electron chi connectivity index (χ0n) is 15.7. The van der Waals surface area contributed by atoms with Crippen LogP contribution in [0.2, 0.25) is 0 Å². The second kappa shape index (κ2) is 8.62. The van der Waals surface area contributed by atoms with E-state index in [1.807, 2.05) is 35.8 Å². The van der Waals surface area contributed by atoms with Crippen LogP contribution in [0.1, 0.15) is 18.9 Å². The van der Waals surface area contributed by atoms with Crippen molar-refractivity contribution < 1.29 is 9.59 Å². The van der Waals surface area contributed by atoms with E-state index in [1.165, 1.54) is 6.92 Å². The van der Waals surface area contributed by atoms with Crippen LogP contribution in [0.5, 0.6) is 0 Å². The van der Waals surface area contributed by atoms with Crippen LogP contribution in [0.3, 0.4) is 0 Å². The largest absolute Gasteiger partial charge is 0.326 e. The molecule has 0 bridgehead atoms. The van der Waals surface area contributed by atoms with Gasteiger partial charge in [-0.05, 0) is 37.3 Å². The number of anilines is 2. The quantitative estimate of drug-likeness (QED) is 0.552. The molecule has 1 aromatic heterocycles. The Labute approximate surface area is 167 Å². The summed E-state index contributed by atoms with van der Waals surface area (Å²) >= 11 is 5.31. The van der Waals surface area contributed by atoms with Gasteiger partial charge in [0.15, 0.2) is 10.6 Å². The van der Waals surface area contributed by atoms with Crippen molar-refractivity contribution in [3.05, 3.63) is 58.9 Å². The molecule has 28 heavy (non-hydrogen) atoms. The first kappa shape index (κ1) is 19.5. The molecule has 0 saturated carbocycles. The predicted octanol–water partition coefficient (Wildman–Crippen LogP) is 3.90. The highest BCUT2D eigenvalue weighted by molar-refractivity contribution is 7.71. The van der Waals surface area contributed by atoms with Gasteiger partial charge in [0, 0.05) is 36.8 Å². The first-order valence-corrected chi connectivity index (χ1v) is 9.23. The van der Waals surface area contributed by atoms with E-state index >= 15 is 0 Å². The number of hydrogen-bond acceptors (Lipinski definition) is 4. The number of nitrogens with one attached hydrogen (secondary N) is 3. The maximum atomic E-state index is 12.4. The molecule has 2 aromatic carbocycles. The van der Waals surface area contributed by atoms with E-state index < -0.39 is 0 Å². The molecular formula is C20H21N5O2S. The second-order valence-electron chi connectivity index (χ2n) is 6.43. The minimum absolute atomic E-state index is 0.155. The Kier molecular flexibility index (Phi) is 6.00. The lowest BCUT2D eigenvalue weighted by molar-refractivity contribution is -0.116. The van der Waals surface area contributed by atoms with Crippen molar-refractivity contribution in [1.82, 2.24) is 14.8 Å². The Hall–Kier alpha value is -3.26. The number of carbonyl (C=O) groups is 2. The first-order valence-electron chi connectivity index (χ1n) is 8.82. The van der Waals surface area contributed by atoms with Gasteiger partial charge in [0.25, 0.3) is 0 Å². The number of carbonyl (C=O) groups excluding carboxylic acids is 2. The summed E-state index contributed by atoms with van der Waals surface area (Å²) in [4.78, 5) is 23.5. The number of aromatic amines is 1. The summed E-state index contributed by atoms with van der Waals surface area (Å²) < 4.78 is 2.28. The zero-order valence-corrected chi connectivity index (χ0v) is 16.5. The number of amides is 2. The van der Waals surface area contributed by atoms with Gasteiger partial charge in [0.1, 0.15) is 0 Å². The van der Waals surface area contributed by atoms with Crippen molar-refractivity contribution in [2.24, 2.45) is 0 Å². The number of benzene rings is 2. The van der Waals surface area contributed by atoms with Crippen LogP contribution >= 0.6 is 12.2 Å². The van der Waals surface area contributed by atoms with Gasteiger partial charge < -0.3 is 10.6 Å². The van der Waals surface area contributed by atoms with Gasteiger partial charge in [-0.3, -0.25) is 19.3 Å². The van der Waals surface area contributed by atoms with Crippen molar-refractivity contribution in [3.63, 3.8) is 0 Å². The van der Waals surface area contributed by atoms with Crippen LogP contribution in [0.15, 0.2) is 48.5 Å². The van der Waals surface area contributed by atoms with Crippen molar-refractivity contribution in [3.8, 4) is 11.4 Å². The minimum atomic E-state index is -0.165. The summed E-state index contributed by atoms with van der Waals surface area (Å²) in [6.45, 7) is 3.85. The highest BCUT2D eigenvalue weighted by atomic mass is 32.1. The molecular weight excluding hydrogens is 374 g/mol. The smallest absolute Gasteiger partial charge is 0.226 e. The van der Waals surface area contributed by atoms with Crippen LogP contribution in [0.4, 0.5) is 11.4 Å². The molecule has 0 radical (unpaired) electrons. The summed E-state index contributed by atoms with van der Waals surface area (Å²) in [6, 6.07) is 15.0. The summed E-state index contributed by atoms with van der Waals surface area (Å²) in [7, 11) is 0. The lowest BCUT2D eigenvalue weighted by Crippen LogP contribution is -2.15. The van der Waals surface area contributed by atoms with E-state index in [9.17, 15) is 9.59 Å². The Balaban J connectivity index is 1.67. The molecule has 0 spiro atoms. The molecule has 3 aromatic rings. The highest BCUT2D eigenvalue weighted by Crippen LogP contribution is 2.19. The molecule has 8 heteroatoms. The number of rotatable bonds is 6. The van der Waals surface area contributed by atoms with E-state index in [1.54, 1.807) is 24.3 Å². The zero-order chi connectivity index (χ0) is 20.1. The molecule has 0 atom stereocenters. The summed E-state index contributed by atoms with van der Waals surface area (Å²) in [6.07, 6.45) is 0.233. The number of nitrogens with zero attached hydrogens (tertiary/aromatic N) is 2. The molecule has 0 unspecified atom stereocenters. The summed E-state index contributed by atoms with van der Waals surface area (Å²) in [5.41, 5.74) is 3.33. The standard InChI is InChI=1S/C20H21N5O2S/c1-13-6-8-15(9-7-13)19-23-24-20(28)25(19)11-10-18(27)22-17-5-3-4-16(12-17)21-14(2)26/h3-9,12H,10-11H2,1-2H3,(H,21,26)(H,22,27)(H,24,28). The molecule has 3 N–H and O–H groups in total. The van der Waals surface area contributed by atoms with Crippen molar-refractivity contribution in [2.45, 2.75) is 26.8 Å². The Morgan fingerprint density at radius 3 is 2.46 bits per heavy atom. The normalized spacial score (nSPS) is 10.5. The van der Waals surface area contributed by atoms with Gasteiger partial charge in [-0.25, -0.2) is 0 Å². The van der Waals surface area contributed by atoms with E-state index in [0.717, 1.165) is 11.1 Å². The van der Waals surface area contributed by atoms with Gasteiger partial charge >= 0.3 is 0 Å². The molecule has 7 nitrogen and oxygen atoms in total. The number of aryl methyl sites for hydroxylation is 1.